The maximum absolute atomic E-state index is 6.17. The molecule has 4 nitrogen and oxygen atoms in total. The van der Waals surface area contributed by atoms with E-state index in [2.05, 4.69) is 30.2 Å². The Morgan fingerprint density at radius 1 is 1.50 bits per heavy atom. The van der Waals surface area contributed by atoms with Gasteiger partial charge < -0.3 is 5.73 Å². The van der Waals surface area contributed by atoms with Crippen LogP contribution in [0.15, 0.2) is 12.4 Å². The van der Waals surface area contributed by atoms with Gasteiger partial charge in [0.05, 0.1) is 12.2 Å². The van der Waals surface area contributed by atoms with E-state index in [1.165, 1.54) is 31.2 Å². The van der Waals surface area contributed by atoms with Gasteiger partial charge in [0.2, 0.25) is 0 Å². The smallest absolute Gasteiger partial charge is 0.0538 e. The molecule has 1 saturated carbocycles. The minimum Gasteiger partial charge on any atom is -0.326 e. The number of hydrogen-bond acceptors (Lipinski definition) is 3. The van der Waals surface area contributed by atoms with Gasteiger partial charge in [0.25, 0.3) is 0 Å². The lowest BCUT2D eigenvalue weighted by Gasteiger charge is -2.32. The topological polar surface area (TPSA) is 47.1 Å². The number of aryl methyl sites for hydroxylation is 1. The SMILES string of the molecule is CC(N)C(c1cnn(C)c1)N(C)CC1CCCC1. The molecule has 1 aliphatic carbocycles. The minimum atomic E-state index is 0.126. The lowest BCUT2D eigenvalue weighted by molar-refractivity contribution is 0.188. The number of nitrogens with two attached hydrogens (primary N) is 1. The lowest BCUT2D eigenvalue weighted by Crippen LogP contribution is -2.39. The van der Waals surface area contributed by atoms with Crippen LogP contribution < -0.4 is 5.73 Å². The molecule has 0 radical (unpaired) electrons. The molecule has 1 aliphatic rings. The van der Waals surface area contributed by atoms with Crippen molar-refractivity contribution in [2.24, 2.45) is 18.7 Å². The summed E-state index contributed by atoms with van der Waals surface area (Å²) < 4.78 is 1.86. The average molecular weight is 250 g/mol. The molecule has 0 spiro atoms. The van der Waals surface area contributed by atoms with Crippen molar-refractivity contribution in [1.82, 2.24) is 14.7 Å². The van der Waals surface area contributed by atoms with Crippen LogP contribution in [-0.4, -0.2) is 34.3 Å². The van der Waals surface area contributed by atoms with Crippen LogP contribution in [-0.2, 0) is 7.05 Å². The Kier molecular flexibility index (Phi) is 4.40. The zero-order valence-corrected chi connectivity index (χ0v) is 11.8. The van der Waals surface area contributed by atoms with Crippen molar-refractivity contribution >= 4 is 0 Å². The van der Waals surface area contributed by atoms with Gasteiger partial charge in [-0.1, -0.05) is 12.8 Å². The number of nitrogens with zero attached hydrogens (tertiary/aromatic N) is 3. The van der Waals surface area contributed by atoms with E-state index in [0.717, 1.165) is 12.5 Å². The number of likely N-dealkylation sites (N-methyl/N-ethyl adjacent to an activating group) is 1. The molecule has 0 bridgehead atoms. The van der Waals surface area contributed by atoms with Gasteiger partial charge in [-0.3, -0.25) is 9.58 Å². The van der Waals surface area contributed by atoms with E-state index in [-0.39, 0.29) is 12.1 Å². The van der Waals surface area contributed by atoms with Gasteiger partial charge >= 0.3 is 0 Å². The Bertz CT molecular complexity index is 366. The highest BCUT2D eigenvalue weighted by Crippen LogP contribution is 2.29. The van der Waals surface area contributed by atoms with Gasteiger partial charge in [0, 0.05) is 31.4 Å². The zero-order valence-electron chi connectivity index (χ0n) is 11.8. The summed E-state index contributed by atoms with van der Waals surface area (Å²) in [5, 5.41) is 4.27. The molecule has 0 saturated heterocycles. The van der Waals surface area contributed by atoms with E-state index in [0.29, 0.717) is 0 Å². The Morgan fingerprint density at radius 2 is 2.17 bits per heavy atom. The molecular formula is C14H26N4. The molecule has 2 atom stereocenters. The second kappa shape index (κ2) is 5.85. The van der Waals surface area contributed by atoms with Crippen LogP contribution in [0.2, 0.25) is 0 Å². The van der Waals surface area contributed by atoms with E-state index >= 15 is 0 Å². The molecule has 1 aromatic heterocycles. The molecule has 18 heavy (non-hydrogen) atoms. The third-order valence-electron chi connectivity index (χ3n) is 4.06. The number of aromatic nitrogens is 2. The zero-order chi connectivity index (χ0) is 13.1. The van der Waals surface area contributed by atoms with Gasteiger partial charge in [-0.15, -0.1) is 0 Å². The number of rotatable bonds is 5. The van der Waals surface area contributed by atoms with Gasteiger partial charge in [-0.2, -0.15) is 5.10 Å². The third-order valence-corrected chi connectivity index (χ3v) is 4.06. The van der Waals surface area contributed by atoms with Gasteiger partial charge in [0.1, 0.15) is 0 Å². The molecule has 1 heterocycles. The van der Waals surface area contributed by atoms with Crippen LogP contribution in [0.3, 0.4) is 0 Å². The van der Waals surface area contributed by atoms with E-state index in [4.69, 9.17) is 5.73 Å². The first-order valence-electron chi connectivity index (χ1n) is 7.02. The average Bonchev–Trinajstić information content (AvgIpc) is 2.90. The van der Waals surface area contributed by atoms with Crippen molar-refractivity contribution in [3.05, 3.63) is 18.0 Å². The monoisotopic (exact) mass is 250 g/mol. The highest BCUT2D eigenvalue weighted by molar-refractivity contribution is 5.12. The van der Waals surface area contributed by atoms with Crippen LogP contribution in [0, 0.1) is 5.92 Å². The second-order valence-corrected chi connectivity index (χ2v) is 5.84. The molecule has 4 heteroatoms. The minimum absolute atomic E-state index is 0.126. The van der Waals surface area contributed by atoms with E-state index < -0.39 is 0 Å². The molecule has 1 aromatic rings. The molecule has 102 valence electrons. The summed E-state index contributed by atoms with van der Waals surface area (Å²) in [6, 6.07) is 0.403. The van der Waals surface area contributed by atoms with Crippen LogP contribution in [0.5, 0.6) is 0 Å². The highest BCUT2D eigenvalue weighted by Gasteiger charge is 2.25. The predicted octanol–water partition coefficient (Wildman–Crippen LogP) is 1.93. The maximum Gasteiger partial charge on any atom is 0.0538 e. The maximum atomic E-state index is 6.17. The second-order valence-electron chi connectivity index (χ2n) is 5.84. The normalized spacial score (nSPS) is 20.5. The summed E-state index contributed by atoms with van der Waals surface area (Å²) in [6.07, 6.45) is 9.58. The predicted molar refractivity (Wildman–Crippen MR) is 74.2 cm³/mol. The fraction of sp³-hybridized carbons (Fsp3) is 0.786. The van der Waals surface area contributed by atoms with Crippen molar-refractivity contribution in [2.75, 3.05) is 13.6 Å². The summed E-state index contributed by atoms with van der Waals surface area (Å²) in [7, 11) is 4.15. The first kappa shape index (κ1) is 13.6. The van der Waals surface area contributed by atoms with Crippen LogP contribution in [0.4, 0.5) is 0 Å². The van der Waals surface area contributed by atoms with Crippen molar-refractivity contribution in [3.63, 3.8) is 0 Å². The van der Waals surface area contributed by atoms with Crippen molar-refractivity contribution in [1.29, 1.82) is 0 Å². The van der Waals surface area contributed by atoms with Crippen molar-refractivity contribution in [2.45, 2.75) is 44.7 Å². The first-order valence-corrected chi connectivity index (χ1v) is 7.02. The largest absolute Gasteiger partial charge is 0.326 e. The quantitative estimate of drug-likeness (QED) is 0.868. The molecule has 2 N–H and O–H groups in total. The summed E-state index contributed by atoms with van der Waals surface area (Å²) in [6.45, 7) is 3.24. The highest BCUT2D eigenvalue weighted by atomic mass is 15.2. The summed E-state index contributed by atoms with van der Waals surface area (Å²) in [5.74, 6) is 0.855. The lowest BCUT2D eigenvalue weighted by atomic mass is 10.0. The summed E-state index contributed by atoms with van der Waals surface area (Å²) in [5.41, 5.74) is 7.40. The molecule has 2 unspecified atom stereocenters. The molecule has 0 amide bonds. The van der Waals surface area contributed by atoms with Crippen LogP contribution in [0.25, 0.3) is 0 Å². The Labute approximate surface area is 110 Å². The Hall–Kier alpha value is -0.870. The van der Waals surface area contributed by atoms with Gasteiger partial charge in [-0.05, 0) is 32.7 Å². The Balaban J connectivity index is 2.04. The molecular weight excluding hydrogens is 224 g/mol. The van der Waals surface area contributed by atoms with Crippen LogP contribution in [0.1, 0.15) is 44.2 Å². The summed E-state index contributed by atoms with van der Waals surface area (Å²) >= 11 is 0. The summed E-state index contributed by atoms with van der Waals surface area (Å²) in [4.78, 5) is 2.41. The standard InChI is InChI=1S/C14H26N4/c1-11(15)14(13-8-16-18(3)10-13)17(2)9-12-6-4-5-7-12/h8,10-12,14H,4-7,9,15H2,1-3H3. The fourth-order valence-corrected chi connectivity index (χ4v) is 3.27. The van der Waals surface area contributed by atoms with E-state index in [1.807, 2.05) is 17.9 Å². The van der Waals surface area contributed by atoms with Gasteiger partial charge in [0.15, 0.2) is 0 Å². The first-order chi connectivity index (χ1) is 8.58. The molecule has 0 aliphatic heterocycles. The van der Waals surface area contributed by atoms with Gasteiger partial charge in [-0.25, -0.2) is 0 Å². The van der Waals surface area contributed by atoms with Crippen molar-refractivity contribution < 1.29 is 0 Å². The molecule has 0 aromatic carbocycles. The van der Waals surface area contributed by atoms with E-state index in [1.54, 1.807) is 0 Å². The fourth-order valence-electron chi connectivity index (χ4n) is 3.27. The van der Waals surface area contributed by atoms with Crippen molar-refractivity contribution in [3.8, 4) is 0 Å². The van der Waals surface area contributed by atoms with E-state index in [9.17, 15) is 0 Å². The Morgan fingerprint density at radius 3 is 2.67 bits per heavy atom. The van der Waals surface area contributed by atoms with Crippen LogP contribution >= 0.6 is 0 Å². The third kappa shape index (κ3) is 3.12. The molecule has 1 fully saturated rings. The number of hydrogen-bond donors (Lipinski definition) is 1. The molecule has 2 rings (SSSR count).